The molecule has 38 nitrogen and oxygen atoms in total. The van der Waals surface area contributed by atoms with Crippen molar-refractivity contribution in [1.82, 2.24) is 83.2 Å². The van der Waals surface area contributed by atoms with Crippen LogP contribution in [0.1, 0.15) is 108 Å². The van der Waals surface area contributed by atoms with Gasteiger partial charge in [0.05, 0.1) is 38.1 Å². The molecule has 14 amide bonds. The van der Waals surface area contributed by atoms with E-state index in [-0.39, 0.29) is 107 Å². The van der Waals surface area contributed by atoms with Gasteiger partial charge in [0.1, 0.15) is 66.2 Å². The number of hydrogen-bond donors (Lipinski definition) is 21. The van der Waals surface area contributed by atoms with E-state index in [9.17, 15) is 87.2 Å². The Morgan fingerprint density at radius 1 is 0.647 bits per heavy atom. The third-order valence-electron chi connectivity index (χ3n) is 18.8. The highest BCUT2D eigenvalue weighted by molar-refractivity contribution is 7.81. The SMILES string of the molecule is CC(C)C[C@@H](C(=O)N[C@@H](Cc1ccc(O)cc1)C(=O)N1CCC[C@H]1C(=O)N[C@@H](CS)C(=O)O)N(C)C(=O)CN(C)C(=O)CNC(=O)[C@H](CCc1ccccc1)NC(=O)[C@H](Cc1cnc[nH]1)NC(=O)CNC(=O)[C@@H](NC(=O)[C@@H](NC(=O)[C@H](Cc1ccccc1)NC(=O)[C@H](CCCNC(=N)N)NC(=O)[C@@H](N)CCC(N)=O)C(C)(C)S)[C@@H](C)O. The molecule has 0 bridgehead atoms. The number of aryl methyl sites for hydroxylation is 1. The molecule has 1 aromatic heterocycles. The Labute approximate surface area is 682 Å². The fourth-order valence-electron chi connectivity index (χ4n) is 12.3. The van der Waals surface area contributed by atoms with Crippen LogP contribution in [0, 0.1) is 11.3 Å². The van der Waals surface area contributed by atoms with Gasteiger partial charge in [-0.3, -0.25) is 72.5 Å². The number of amides is 14. The van der Waals surface area contributed by atoms with Crippen LogP contribution in [0.2, 0.25) is 0 Å². The number of aromatic nitrogens is 2. The number of carboxylic acid groups (broad SMARTS) is 1. The number of aliphatic hydroxyl groups excluding tert-OH is 1. The molecule has 0 saturated carbocycles. The lowest BCUT2D eigenvalue weighted by atomic mass is 9.99. The zero-order valence-electron chi connectivity index (χ0n) is 65.9. The van der Waals surface area contributed by atoms with E-state index in [0.29, 0.717) is 23.2 Å². The molecule has 1 aliphatic heterocycles. The van der Waals surface area contributed by atoms with Gasteiger partial charge in [0.2, 0.25) is 82.7 Å². The molecule has 3 aromatic carbocycles. The zero-order chi connectivity index (χ0) is 86.1. The second kappa shape index (κ2) is 46.8. The molecule has 0 aliphatic carbocycles. The van der Waals surface area contributed by atoms with Gasteiger partial charge in [-0.05, 0) is 107 Å². The Morgan fingerprint density at radius 2 is 1.22 bits per heavy atom. The molecule has 1 aliphatic rings. The van der Waals surface area contributed by atoms with Crippen LogP contribution in [0.25, 0.3) is 0 Å². The second-order valence-electron chi connectivity index (χ2n) is 29.3. The van der Waals surface area contributed by atoms with Crippen molar-refractivity contribution < 1.29 is 87.2 Å². The number of aliphatic carboxylic acids is 1. The average Bonchev–Trinajstić information content (AvgIpc) is 1.44. The number of benzene rings is 3. The van der Waals surface area contributed by atoms with Crippen LogP contribution in [0.15, 0.2) is 97.5 Å². The number of nitrogens with one attached hydrogen (secondary N) is 13. The van der Waals surface area contributed by atoms with Crippen molar-refractivity contribution >= 4 is 120 Å². The maximum Gasteiger partial charge on any atom is 0.327 e. The number of carbonyl (C=O) groups excluding carboxylic acids is 14. The van der Waals surface area contributed by atoms with Gasteiger partial charge < -0.3 is 111 Å². The smallest absolute Gasteiger partial charge is 0.327 e. The molecule has 4 aromatic rings. The van der Waals surface area contributed by atoms with E-state index in [0.717, 1.165) is 22.3 Å². The number of thiol groups is 2. The van der Waals surface area contributed by atoms with Gasteiger partial charge in [0.25, 0.3) is 0 Å². The lowest BCUT2D eigenvalue weighted by Crippen LogP contribution is -2.64. The van der Waals surface area contributed by atoms with Crippen LogP contribution in [0.3, 0.4) is 0 Å². The molecular weight excluding hydrogens is 1550 g/mol. The molecule has 2 heterocycles. The molecule has 0 radical (unpaired) electrons. The van der Waals surface area contributed by atoms with E-state index >= 15 is 0 Å². The molecule has 1 saturated heterocycles. The fraction of sp³-hybridized carbons (Fsp3) is 0.513. The van der Waals surface area contributed by atoms with Crippen LogP contribution < -0.4 is 75.7 Å². The maximum atomic E-state index is 14.5. The van der Waals surface area contributed by atoms with Crippen LogP contribution >= 0.6 is 25.3 Å². The number of phenolic OH excluding ortho intramolecular Hbond substituents is 1. The molecule has 40 heteroatoms. The minimum Gasteiger partial charge on any atom is -0.508 e. The Morgan fingerprint density at radius 3 is 1.80 bits per heavy atom. The fourth-order valence-corrected chi connectivity index (χ4v) is 12.7. The zero-order valence-corrected chi connectivity index (χ0v) is 67.6. The number of H-pyrrole nitrogens is 1. The number of aromatic amines is 1. The summed E-state index contributed by atoms with van der Waals surface area (Å²) in [5.41, 5.74) is 18.8. The number of phenols is 1. The first-order valence-electron chi connectivity index (χ1n) is 37.7. The monoisotopic (exact) mass is 1650 g/mol. The minimum absolute atomic E-state index is 0.0663. The van der Waals surface area contributed by atoms with E-state index in [1.54, 1.807) is 74.5 Å². The number of likely N-dealkylation sites (tertiary alicyclic amines) is 1. The molecule has 0 spiro atoms. The Balaban J connectivity index is 1.28. The Hall–Kier alpha value is -11.4. The molecule has 5 rings (SSSR count). The van der Waals surface area contributed by atoms with Crippen molar-refractivity contribution in [3.05, 3.63) is 120 Å². The van der Waals surface area contributed by atoms with Crippen LogP contribution in [0.5, 0.6) is 5.75 Å². The van der Waals surface area contributed by atoms with Crippen LogP contribution in [0.4, 0.5) is 0 Å². The summed E-state index contributed by atoms with van der Waals surface area (Å²) in [5.74, 6) is -14.2. The number of nitrogens with zero attached hydrogens (tertiary/aromatic N) is 4. The van der Waals surface area contributed by atoms with Gasteiger partial charge in [-0.15, -0.1) is 0 Å². The number of aliphatic hydroxyl groups is 1. The highest BCUT2D eigenvalue weighted by atomic mass is 32.1. The highest BCUT2D eigenvalue weighted by Gasteiger charge is 2.43. The molecule has 12 atom stereocenters. The summed E-state index contributed by atoms with van der Waals surface area (Å²) in [7, 11) is 2.62. The number of guanidine groups is 1. The molecule has 22 N–H and O–H groups in total. The van der Waals surface area contributed by atoms with E-state index in [1.165, 1.54) is 69.6 Å². The van der Waals surface area contributed by atoms with Crippen LogP contribution in [-0.4, -0.2) is 264 Å². The first kappa shape index (κ1) is 95.2. The molecular formula is C76H110N20O18S2. The lowest BCUT2D eigenvalue weighted by molar-refractivity contribution is -0.146. The number of carboxylic acids is 1. The minimum atomic E-state index is -1.83. The number of primary amides is 1. The van der Waals surface area contributed by atoms with Gasteiger partial charge in [0, 0.05) is 75.3 Å². The predicted molar refractivity (Wildman–Crippen MR) is 431 cm³/mol. The number of hydrogen-bond acceptors (Lipinski definition) is 22. The number of nitrogens with two attached hydrogens (primary N) is 3. The Kier molecular flexibility index (Phi) is 38.4. The number of carbonyl (C=O) groups is 15. The predicted octanol–water partition coefficient (Wildman–Crippen LogP) is -3.83. The number of aromatic hydroxyl groups is 1. The van der Waals surface area contributed by atoms with Crippen molar-refractivity contribution in [2.45, 2.75) is 189 Å². The number of likely N-dealkylation sites (N-methyl/N-ethyl adjacent to an activating group) is 2. The normalized spacial score (nSPS) is 15.4. The average molecular weight is 1660 g/mol. The first-order valence-corrected chi connectivity index (χ1v) is 38.8. The standard InChI is InChI=1S/C76H110N20O18S2/c1-42(2)32-57(70(109)90-54(34-46-22-25-48(98)26-23-46)73(112)96-31-15-21-56(96)69(108)91-55(40-115)74(113)114)95(7)61(102)39-94(6)60(101)38-84-65(104)51(28-24-44-16-10-8-11-17-44)88-67(106)53(35-47-36-81-41-85-47)86-59(100)37-83-71(110)62(43(3)97)92-72(111)63(76(4,5)116)93-68(107)52(33-45-18-12-9-13-19-45)89-66(105)50(20-14-30-82-75(79)80)87-64(103)49(77)27-29-58(78)99/h8-13,16-19,22-23,25-26,36,41-43,49-57,62-63,97-98,115-116H,14-15,20-21,24,27-35,37-40,77H2,1-7H3,(H2,78,99)(H,81,85)(H,83,110)(H,84,104)(H,86,100)(H,87,103)(H,88,106)(H,89,105)(H,90,109)(H,91,108)(H,92,111)(H,93,107)(H,113,114)(H4,79,80,82)/t43-,49+,50+,51+,52+,53+,54+,55+,56+,57+,62+,63-/m1/s1. The van der Waals surface area contributed by atoms with E-state index in [2.05, 4.69) is 93.7 Å². The van der Waals surface area contributed by atoms with E-state index < -0.39 is 186 Å². The summed E-state index contributed by atoms with van der Waals surface area (Å²) in [6, 6.07) is 7.65. The molecule has 634 valence electrons. The van der Waals surface area contributed by atoms with Crippen molar-refractivity contribution in [3.63, 3.8) is 0 Å². The van der Waals surface area contributed by atoms with Gasteiger partial charge in [0.15, 0.2) is 5.96 Å². The molecule has 116 heavy (non-hydrogen) atoms. The summed E-state index contributed by atoms with van der Waals surface area (Å²) < 4.78 is -1.46. The van der Waals surface area contributed by atoms with Gasteiger partial charge in [-0.25, -0.2) is 9.78 Å². The topological polar surface area (TPSA) is 589 Å². The van der Waals surface area contributed by atoms with Gasteiger partial charge >= 0.3 is 5.97 Å². The van der Waals surface area contributed by atoms with Crippen molar-refractivity contribution in [2.75, 3.05) is 52.6 Å². The quantitative estimate of drug-likeness (QED) is 0.00872. The van der Waals surface area contributed by atoms with Gasteiger partial charge in [-0.2, -0.15) is 25.3 Å². The van der Waals surface area contributed by atoms with Gasteiger partial charge in [-0.1, -0.05) is 86.6 Å². The maximum absolute atomic E-state index is 14.5. The van der Waals surface area contributed by atoms with Crippen molar-refractivity contribution in [2.24, 2.45) is 23.1 Å². The highest BCUT2D eigenvalue weighted by Crippen LogP contribution is 2.24. The van der Waals surface area contributed by atoms with E-state index in [4.69, 9.17) is 22.6 Å². The first-order chi connectivity index (χ1) is 54.8. The van der Waals surface area contributed by atoms with E-state index in [1.807, 2.05) is 0 Å². The lowest BCUT2D eigenvalue weighted by Gasteiger charge is -2.33. The number of imidazole rings is 1. The summed E-state index contributed by atoms with van der Waals surface area (Å²) in [5, 5.41) is 66.2. The third-order valence-corrected chi connectivity index (χ3v) is 19.5. The largest absolute Gasteiger partial charge is 0.508 e. The summed E-state index contributed by atoms with van der Waals surface area (Å²) in [4.78, 5) is 217. The third kappa shape index (κ3) is 31.8. The van der Waals surface area contributed by atoms with Crippen LogP contribution in [-0.2, 0) is 97.6 Å². The summed E-state index contributed by atoms with van der Waals surface area (Å²) in [6.07, 6.45) is 0.933. The van der Waals surface area contributed by atoms with Crippen molar-refractivity contribution in [3.8, 4) is 5.75 Å². The summed E-state index contributed by atoms with van der Waals surface area (Å²) >= 11 is 8.63. The molecule has 0 unspecified atom stereocenters. The van der Waals surface area contributed by atoms with Crippen molar-refractivity contribution in [1.29, 1.82) is 5.41 Å². The number of rotatable bonds is 47. The molecule has 1 fully saturated rings. The summed E-state index contributed by atoms with van der Waals surface area (Å²) in [6.45, 7) is 5.64. The second-order valence-corrected chi connectivity index (χ2v) is 30.8. The Bertz CT molecular complexity index is 4030.